The summed E-state index contributed by atoms with van der Waals surface area (Å²) in [7, 11) is 0. The second kappa shape index (κ2) is 6.38. The molecule has 1 aromatic rings. The lowest BCUT2D eigenvalue weighted by Crippen LogP contribution is -2.17. The van der Waals surface area contributed by atoms with Crippen LogP contribution in [0.2, 0.25) is 0 Å². The van der Waals surface area contributed by atoms with Gasteiger partial charge < -0.3 is 0 Å². The van der Waals surface area contributed by atoms with E-state index in [2.05, 4.69) is 80.2 Å². The Morgan fingerprint density at radius 3 is 1.71 bits per heavy atom. The molecule has 0 aliphatic rings. The van der Waals surface area contributed by atoms with Gasteiger partial charge in [-0.3, -0.25) is 0 Å². The Kier molecular flexibility index (Phi) is 5.47. The molecule has 0 amide bonds. The lowest BCUT2D eigenvalue weighted by Gasteiger charge is -2.27. The summed E-state index contributed by atoms with van der Waals surface area (Å²) in [5.74, 6) is 0.703. The van der Waals surface area contributed by atoms with Gasteiger partial charge in [0, 0.05) is 0 Å². The van der Waals surface area contributed by atoms with Crippen molar-refractivity contribution < 1.29 is 0 Å². The predicted molar refractivity (Wildman–Crippen MR) is 96.9 cm³/mol. The van der Waals surface area contributed by atoms with Crippen LogP contribution in [0.1, 0.15) is 84.9 Å². The van der Waals surface area contributed by atoms with Crippen LogP contribution in [0.15, 0.2) is 24.8 Å². The highest BCUT2D eigenvalue weighted by Gasteiger charge is 2.21. The van der Waals surface area contributed by atoms with Gasteiger partial charge in [-0.25, -0.2) is 0 Å². The molecule has 0 saturated carbocycles. The fourth-order valence-electron chi connectivity index (χ4n) is 2.38. The van der Waals surface area contributed by atoms with Gasteiger partial charge in [-0.2, -0.15) is 0 Å². The molecule has 0 aromatic heterocycles. The van der Waals surface area contributed by atoms with E-state index < -0.39 is 0 Å². The summed E-state index contributed by atoms with van der Waals surface area (Å²) in [5, 5.41) is 0. The van der Waals surface area contributed by atoms with Crippen LogP contribution in [-0.4, -0.2) is 0 Å². The van der Waals surface area contributed by atoms with E-state index in [-0.39, 0.29) is 10.8 Å². The standard InChI is InChI=1S/C21H34/c1-10-15(2)11-16(3)17-12-18(20(4,5)6)14-19(13-17)21(7,8)9/h12-15H,3,10-11H2,1-2,4-9H3. The number of allylic oxidation sites excluding steroid dienone is 1. The van der Waals surface area contributed by atoms with Crippen molar-refractivity contribution in [2.24, 2.45) is 5.92 Å². The SMILES string of the molecule is C=C(CC(C)CC)c1cc(C(C)(C)C)cc(C(C)(C)C)c1. The zero-order valence-electron chi connectivity index (χ0n) is 15.4. The monoisotopic (exact) mass is 286 g/mol. The zero-order chi connectivity index (χ0) is 16.4. The van der Waals surface area contributed by atoms with E-state index in [0.717, 1.165) is 6.42 Å². The molecule has 0 fully saturated rings. The minimum Gasteiger partial charge on any atom is -0.0952 e. The Morgan fingerprint density at radius 2 is 1.38 bits per heavy atom. The molecule has 0 bridgehead atoms. The van der Waals surface area contributed by atoms with Crippen molar-refractivity contribution in [3.8, 4) is 0 Å². The van der Waals surface area contributed by atoms with E-state index >= 15 is 0 Å². The first kappa shape index (κ1) is 18.0. The fraction of sp³-hybridized carbons (Fsp3) is 0.619. The average Bonchev–Trinajstić information content (AvgIpc) is 2.35. The number of hydrogen-bond donors (Lipinski definition) is 0. The van der Waals surface area contributed by atoms with Crippen molar-refractivity contribution in [2.45, 2.75) is 79.1 Å². The topological polar surface area (TPSA) is 0 Å². The molecule has 0 N–H and O–H groups in total. The maximum Gasteiger partial charge on any atom is -0.0132 e. The molecule has 0 aliphatic carbocycles. The molecule has 0 heterocycles. The second-order valence-electron chi connectivity index (χ2n) is 8.62. The van der Waals surface area contributed by atoms with Crippen LogP contribution in [0.3, 0.4) is 0 Å². The maximum atomic E-state index is 4.36. The Hall–Kier alpha value is -1.04. The summed E-state index contributed by atoms with van der Waals surface area (Å²) in [4.78, 5) is 0. The third kappa shape index (κ3) is 5.02. The minimum atomic E-state index is 0.173. The largest absolute Gasteiger partial charge is 0.0952 e. The molecule has 0 radical (unpaired) electrons. The maximum absolute atomic E-state index is 4.36. The van der Waals surface area contributed by atoms with Gasteiger partial charge in [0.1, 0.15) is 0 Å². The summed E-state index contributed by atoms with van der Waals surface area (Å²) in [6.45, 7) is 22.6. The van der Waals surface area contributed by atoms with Crippen molar-refractivity contribution in [3.63, 3.8) is 0 Å². The molecular weight excluding hydrogens is 252 g/mol. The van der Waals surface area contributed by atoms with Crippen molar-refractivity contribution in [2.75, 3.05) is 0 Å². The quantitative estimate of drug-likeness (QED) is 0.575. The van der Waals surface area contributed by atoms with Crippen LogP contribution < -0.4 is 0 Å². The lowest BCUT2D eigenvalue weighted by atomic mass is 9.78. The minimum absolute atomic E-state index is 0.173. The van der Waals surface area contributed by atoms with Gasteiger partial charge >= 0.3 is 0 Å². The van der Waals surface area contributed by atoms with E-state index in [0.29, 0.717) is 5.92 Å². The molecular formula is C21H34. The van der Waals surface area contributed by atoms with Crippen LogP contribution in [0, 0.1) is 5.92 Å². The first-order valence-electron chi connectivity index (χ1n) is 8.29. The Bertz CT molecular complexity index is 460. The third-order valence-electron chi connectivity index (χ3n) is 4.37. The van der Waals surface area contributed by atoms with Crippen molar-refractivity contribution in [3.05, 3.63) is 41.5 Å². The normalized spacial score (nSPS) is 14.1. The summed E-state index contributed by atoms with van der Waals surface area (Å²) >= 11 is 0. The van der Waals surface area contributed by atoms with Gasteiger partial charge in [-0.15, -0.1) is 0 Å². The molecule has 1 unspecified atom stereocenters. The highest BCUT2D eigenvalue weighted by molar-refractivity contribution is 5.65. The van der Waals surface area contributed by atoms with E-state index in [1.165, 1.54) is 28.7 Å². The van der Waals surface area contributed by atoms with Gasteiger partial charge in [0.15, 0.2) is 0 Å². The van der Waals surface area contributed by atoms with Crippen LogP contribution in [0.4, 0.5) is 0 Å². The summed E-state index contributed by atoms with van der Waals surface area (Å²) in [5.41, 5.74) is 5.78. The molecule has 1 atom stereocenters. The van der Waals surface area contributed by atoms with E-state index in [4.69, 9.17) is 0 Å². The Morgan fingerprint density at radius 1 is 0.952 bits per heavy atom. The van der Waals surface area contributed by atoms with E-state index in [1.54, 1.807) is 0 Å². The van der Waals surface area contributed by atoms with Crippen LogP contribution in [-0.2, 0) is 10.8 Å². The summed E-state index contributed by atoms with van der Waals surface area (Å²) in [6, 6.07) is 7.07. The molecule has 0 aliphatic heterocycles. The number of hydrogen-bond acceptors (Lipinski definition) is 0. The molecule has 118 valence electrons. The summed E-state index contributed by atoms with van der Waals surface area (Å²) in [6.07, 6.45) is 2.30. The van der Waals surface area contributed by atoms with Crippen molar-refractivity contribution in [1.82, 2.24) is 0 Å². The molecule has 0 heteroatoms. The Balaban J connectivity index is 3.29. The molecule has 0 spiro atoms. The molecule has 1 rings (SSSR count). The lowest BCUT2D eigenvalue weighted by molar-refractivity contribution is 0.566. The predicted octanol–water partition coefficient (Wildman–Crippen LogP) is 6.73. The van der Waals surface area contributed by atoms with Crippen molar-refractivity contribution >= 4 is 5.57 Å². The first-order chi connectivity index (χ1) is 9.45. The van der Waals surface area contributed by atoms with E-state index in [9.17, 15) is 0 Å². The highest BCUT2D eigenvalue weighted by Crippen LogP contribution is 2.33. The fourth-order valence-corrected chi connectivity index (χ4v) is 2.38. The smallest absolute Gasteiger partial charge is 0.0132 e. The van der Waals surface area contributed by atoms with Gasteiger partial charge in [0.05, 0.1) is 0 Å². The average molecular weight is 287 g/mol. The highest BCUT2D eigenvalue weighted by atomic mass is 14.3. The number of benzene rings is 1. The Labute approximate surface area is 132 Å². The van der Waals surface area contributed by atoms with Gasteiger partial charge in [-0.05, 0) is 45.4 Å². The molecule has 1 aromatic carbocycles. The van der Waals surface area contributed by atoms with Crippen molar-refractivity contribution in [1.29, 1.82) is 0 Å². The third-order valence-corrected chi connectivity index (χ3v) is 4.37. The van der Waals surface area contributed by atoms with Gasteiger partial charge in [0.2, 0.25) is 0 Å². The molecule has 0 saturated heterocycles. The van der Waals surface area contributed by atoms with Crippen LogP contribution >= 0.6 is 0 Å². The zero-order valence-corrected chi connectivity index (χ0v) is 15.4. The van der Waals surface area contributed by atoms with Crippen LogP contribution in [0.5, 0.6) is 0 Å². The number of rotatable bonds is 4. The summed E-state index contributed by atoms with van der Waals surface area (Å²) < 4.78 is 0. The van der Waals surface area contributed by atoms with Gasteiger partial charge in [-0.1, -0.05) is 86.6 Å². The first-order valence-corrected chi connectivity index (χ1v) is 8.29. The van der Waals surface area contributed by atoms with Gasteiger partial charge in [0.25, 0.3) is 0 Å². The molecule has 0 nitrogen and oxygen atoms in total. The molecule has 21 heavy (non-hydrogen) atoms. The van der Waals surface area contributed by atoms with Crippen LogP contribution in [0.25, 0.3) is 5.57 Å². The second-order valence-corrected chi connectivity index (χ2v) is 8.62. The van der Waals surface area contributed by atoms with E-state index in [1.807, 2.05) is 0 Å².